The number of halogens is 1. The van der Waals surface area contributed by atoms with Gasteiger partial charge in [-0.3, -0.25) is 0 Å². The summed E-state index contributed by atoms with van der Waals surface area (Å²) in [6.45, 7) is 6.16. The fraction of sp³-hybridized carbons (Fsp3) is 0.467. The fourth-order valence-corrected chi connectivity index (χ4v) is 1.71. The van der Waals surface area contributed by atoms with Crippen LogP contribution in [0.5, 0.6) is 5.75 Å². The minimum atomic E-state index is -1.82. The van der Waals surface area contributed by atoms with Crippen molar-refractivity contribution in [1.29, 1.82) is 0 Å². The molecule has 1 aromatic rings. The number of benzene rings is 1. The lowest BCUT2D eigenvalue weighted by molar-refractivity contribution is -0.159. The summed E-state index contributed by atoms with van der Waals surface area (Å²) in [5, 5.41) is 18.2. The molecule has 0 radical (unpaired) electrons. The molecular weight excluding hydrogens is 354 g/mol. The summed E-state index contributed by atoms with van der Waals surface area (Å²) in [6, 6.07) is 8.54. The van der Waals surface area contributed by atoms with E-state index in [1.165, 1.54) is 6.42 Å². The van der Waals surface area contributed by atoms with Crippen molar-refractivity contribution in [3.63, 3.8) is 0 Å². The number of hydrogen-bond acceptors (Lipinski definition) is 4. The van der Waals surface area contributed by atoms with E-state index < -0.39 is 11.9 Å². The lowest BCUT2D eigenvalue weighted by Crippen LogP contribution is -2.27. The average molecular weight is 376 g/mol. The van der Waals surface area contributed by atoms with Crippen LogP contribution in [0.3, 0.4) is 0 Å². The van der Waals surface area contributed by atoms with Crippen molar-refractivity contribution in [2.45, 2.75) is 32.7 Å². The number of carboxylic acid groups (broad SMARTS) is 2. The maximum atomic E-state index is 9.10. The van der Waals surface area contributed by atoms with Crippen LogP contribution >= 0.6 is 15.9 Å². The molecule has 7 heteroatoms. The van der Waals surface area contributed by atoms with Gasteiger partial charge in [-0.25, -0.2) is 9.59 Å². The lowest BCUT2D eigenvalue weighted by Gasteiger charge is -2.11. The molecule has 0 amide bonds. The van der Waals surface area contributed by atoms with Crippen LogP contribution < -0.4 is 10.1 Å². The van der Waals surface area contributed by atoms with Crippen molar-refractivity contribution in [2.75, 3.05) is 13.2 Å². The number of carboxylic acids is 2. The highest BCUT2D eigenvalue weighted by molar-refractivity contribution is 9.10. The molecule has 0 fully saturated rings. The van der Waals surface area contributed by atoms with Crippen LogP contribution in [-0.2, 0) is 9.59 Å². The highest BCUT2D eigenvalue weighted by Crippen LogP contribution is 2.23. The lowest BCUT2D eigenvalue weighted by atomic mass is 10.2. The number of para-hydroxylation sites is 1. The molecule has 124 valence electrons. The van der Waals surface area contributed by atoms with E-state index in [-0.39, 0.29) is 0 Å². The smallest absolute Gasteiger partial charge is 0.414 e. The minimum absolute atomic E-state index is 0.600. The van der Waals surface area contributed by atoms with E-state index in [4.69, 9.17) is 24.5 Å². The summed E-state index contributed by atoms with van der Waals surface area (Å²) >= 11 is 3.46. The minimum Gasteiger partial charge on any atom is -0.492 e. The van der Waals surface area contributed by atoms with Crippen molar-refractivity contribution in [3.8, 4) is 5.75 Å². The number of hydrogen-bond donors (Lipinski definition) is 3. The molecule has 0 aromatic heterocycles. The largest absolute Gasteiger partial charge is 0.492 e. The molecule has 6 nitrogen and oxygen atoms in total. The summed E-state index contributed by atoms with van der Waals surface area (Å²) in [7, 11) is 0. The molecule has 0 saturated heterocycles. The molecule has 0 saturated carbocycles. The van der Waals surface area contributed by atoms with Crippen molar-refractivity contribution >= 4 is 27.9 Å². The summed E-state index contributed by atoms with van der Waals surface area (Å²) in [5.74, 6) is -2.73. The van der Waals surface area contributed by atoms with Crippen LogP contribution in [0.2, 0.25) is 0 Å². The number of rotatable bonds is 7. The second-order valence-corrected chi connectivity index (χ2v) is 5.36. The molecule has 0 aliphatic heterocycles. The van der Waals surface area contributed by atoms with Crippen LogP contribution in [0.4, 0.5) is 0 Å². The quantitative estimate of drug-likeness (QED) is 0.500. The van der Waals surface area contributed by atoms with Crippen LogP contribution in [0, 0.1) is 0 Å². The van der Waals surface area contributed by atoms with Gasteiger partial charge in [0.2, 0.25) is 0 Å². The van der Waals surface area contributed by atoms with Gasteiger partial charge in [0.1, 0.15) is 5.75 Å². The van der Waals surface area contributed by atoms with Crippen LogP contribution in [0.15, 0.2) is 28.7 Å². The van der Waals surface area contributed by atoms with Gasteiger partial charge in [-0.2, -0.15) is 0 Å². The van der Waals surface area contributed by atoms with Crippen molar-refractivity contribution in [1.82, 2.24) is 5.32 Å². The maximum Gasteiger partial charge on any atom is 0.414 e. The van der Waals surface area contributed by atoms with Crippen LogP contribution in [-0.4, -0.2) is 41.3 Å². The van der Waals surface area contributed by atoms with Gasteiger partial charge in [-0.05, 0) is 54.4 Å². The Hall–Kier alpha value is -1.60. The first kappa shape index (κ1) is 20.4. The molecular formula is C15H22BrNO5. The standard InChI is InChI=1S/C13H20BrNO.C2H2O4/c1-3-11(2)15-9-6-10-16-13-8-5-4-7-12(13)14;3-1(4)2(5)6/h4-5,7-8,11,15H,3,6,9-10H2,1-2H3;(H,3,4)(H,5,6). The summed E-state index contributed by atoms with van der Waals surface area (Å²) in [5.41, 5.74) is 0. The molecule has 1 aromatic carbocycles. The molecule has 0 bridgehead atoms. The van der Waals surface area contributed by atoms with Crippen molar-refractivity contribution < 1.29 is 24.5 Å². The maximum absolute atomic E-state index is 9.10. The van der Waals surface area contributed by atoms with E-state index in [0.717, 1.165) is 29.8 Å². The molecule has 0 aliphatic rings. The van der Waals surface area contributed by atoms with Gasteiger partial charge in [0.05, 0.1) is 11.1 Å². The van der Waals surface area contributed by atoms with E-state index in [2.05, 4.69) is 35.1 Å². The zero-order valence-electron chi connectivity index (χ0n) is 12.7. The van der Waals surface area contributed by atoms with Crippen molar-refractivity contribution in [3.05, 3.63) is 28.7 Å². The van der Waals surface area contributed by atoms with E-state index in [0.29, 0.717) is 6.04 Å². The van der Waals surface area contributed by atoms with Crippen molar-refractivity contribution in [2.24, 2.45) is 0 Å². The highest BCUT2D eigenvalue weighted by atomic mass is 79.9. The van der Waals surface area contributed by atoms with Gasteiger partial charge in [-0.15, -0.1) is 0 Å². The molecule has 3 N–H and O–H groups in total. The Bertz CT molecular complexity index is 455. The SMILES string of the molecule is CCC(C)NCCCOc1ccccc1Br.O=C(O)C(=O)O. The normalized spacial score (nSPS) is 11.0. The van der Waals surface area contributed by atoms with E-state index in [1.54, 1.807) is 0 Å². The Kier molecular flexibility index (Phi) is 11.1. The predicted molar refractivity (Wildman–Crippen MR) is 87.3 cm³/mol. The summed E-state index contributed by atoms with van der Waals surface area (Å²) < 4.78 is 6.68. The monoisotopic (exact) mass is 375 g/mol. The molecule has 0 heterocycles. The second kappa shape index (κ2) is 12.0. The Morgan fingerprint density at radius 2 is 1.86 bits per heavy atom. The number of aliphatic carboxylic acids is 2. The first-order valence-corrected chi connectivity index (χ1v) is 7.74. The first-order chi connectivity index (χ1) is 10.4. The Morgan fingerprint density at radius 1 is 1.27 bits per heavy atom. The van der Waals surface area contributed by atoms with Crippen LogP contribution in [0.1, 0.15) is 26.7 Å². The molecule has 0 spiro atoms. The molecule has 22 heavy (non-hydrogen) atoms. The average Bonchev–Trinajstić information content (AvgIpc) is 2.49. The third kappa shape index (κ3) is 10.2. The summed E-state index contributed by atoms with van der Waals surface area (Å²) in [4.78, 5) is 18.2. The van der Waals surface area contributed by atoms with E-state index in [9.17, 15) is 0 Å². The Balaban J connectivity index is 0.000000626. The number of carbonyl (C=O) groups is 2. The van der Waals surface area contributed by atoms with Gasteiger partial charge >= 0.3 is 11.9 Å². The summed E-state index contributed by atoms with van der Waals surface area (Å²) in [6.07, 6.45) is 2.21. The van der Waals surface area contributed by atoms with Gasteiger partial charge in [-0.1, -0.05) is 19.1 Å². The topological polar surface area (TPSA) is 95.9 Å². The van der Waals surface area contributed by atoms with Gasteiger partial charge in [0.15, 0.2) is 0 Å². The van der Waals surface area contributed by atoms with Gasteiger partial charge in [0.25, 0.3) is 0 Å². The Labute approximate surface area is 138 Å². The molecule has 1 rings (SSSR count). The second-order valence-electron chi connectivity index (χ2n) is 4.51. The zero-order chi connectivity index (χ0) is 17.0. The first-order valence-electron chi connectivity index (χ1n) is 6.95. The van der Waals surface area contributed by atoms with E-state index >= 15 is 0 Å². The molecule has 0 aliphatic carbocycles. The van der Waals surface area contributed by atoms with E-state index in [1.807, 2.05) is 24.3 Å². The third-order valence-electron chi connectivity index (χ3n) is 2.70. The molecule has 1 atom stereocenters. The van der Waals surface area contributed by atoms with Gasteiger partial charge in [0, 0.05) is 6.04 Å². The fourth-order valence-electron chi connectivity index (χ4n) is 1.31. The predicted octanol–water partition coefficient (Wildman–Crippen LogP) is 2.76. The van der Waals surface area contributed by atoms with Crippen LogP contribution in [0.25, 0.3) is 0 Å². The third-order valence-corrected chi connectivity index (χ3v) is 3.36. The highest BCUT2D eigenvalue weighted by Gasteiger charge is 2.04. The Morgan fingerprint density at radius 3 is 2.36 bits per heavy atom. The zero-order valence-corrected chi connectivity index (χ0v) is 14.3. The number of ether oxygens (including phenoxy) is 1. The number of nitrogens with one attached hydrogen (secondary N) is 1. The van der Waals surface area contributed by atoms with Gasteiger partial charge < -0.3 is 20.3 Å². The molecule has 1 unspecified atom stereocenters.